The van der Waals surface area contributed by atoms with Gasteiger partial charge in [-0.25, -0.2) is 8.78 Å². The number of aromatic nitrogens is 1. The molecule has 0 aliphatic heterocycles. The highest BCUT2D eigenvalue weighted by Gasteiger charge is 2.08. The lowest BCUT2D eigenvalue weighted by atomic mass is 10.2. The van der Waals surface area contributed by atoms with Crippen LogP contribution in [0.5, 0.6) is 0 Å². The maximum Gasteiger partial charge on any atom is 0.125 e. The summed E-state index contributed by atoms with van der Waals surface area (Å²) < 4.78 is 28.2. The molecule has 1 aromatic heterocycles. The van der Waals surface area contributed by atoms with E-state index in [1.807, 2.05) is 17.6 Å². The van der Waals surface area contributed by atoms with E-state index < -0.39 is 0 Å². The minimum atomic E-state index is -0.279. The van der Waals surface area contributed by atoms with Gasteiger partial charge < -0.3 is 4.57 Å². The summed E-state index contributed by atoms with van der Waals surface area (Å²) in [6, 6.07) is 12.8. The molecule has 0 fully saturated rings. The second-order valence-electron chi connectivity index (χ2n) is 4.30. The van der Waals surface area contributed by atoms with Crippen LogP contribution in [0.25, 0.3) is 16.6 Å². The Morgan fingerprint density at radius 1 is 0.833 bits per heavy atom. The lowest BCUT2D eigenvalue weighted by Gasteiger charge is -2.08. The van der Waals surface area contributed by atoms with E-state index in [4.69, 9.17) is 0 Å². The summed E-state index contributed by atoms with van der Waals surface area (Å²) in [5.41, 5.74) is 2.61. The van der Waals surface area contributed by atoms with Crippen LogP contribution in [-0.4, -0.2) is 4.57 Å². The van der Waals surface area contributed by atoms with Crippen molar-refractivity contribution in [3.8, 4) is 5.69 Å². The number of nitrogens with zero attached hydrogens (tertiary/aromatic N) is 1. The fourth-order valence-corrected chi connectivity index (χ4v) is 2.24. The molecule has 3 aromatic rings. The van der Waals surface area contributed by atoms with Crippen LogP contribution in [0.3, 0.4) is 0 Å². The van der Waals surface area contributed by atoms with Gasteiger partial charge in [-0.3, -0.25) is 0 Å². The van der Waals surface area contributed by atoms with Gasteiger partial charge in [0.25, 0.3) is 0 Å². The van der Waals surface area contributed by atoms with E-state index in [-0.39, 0.29) is 11.6 Å². The molecule has 0 spiro atoms. The van der Waals surface area contributed by atoms with Gasteiger partial charge in [0, 0.05) is 16.8 Å². The second-order valence-corrected chi connectivity index (χ2v) is 4.30. The van der Waals surface area contributed by atoms with Gasteiger partial charge in [-0.2, -0.15) is 0 Å². The fourth-order valence-electron chi connectivity index (χ4n) is 2.24. The van der Waals surface area contributed by atoms with Crippen molar-refractivity contribution in [2.24, 2.45) is 0 Å². The highest BCUT2D eigenvalue weighted by atomic mass is 19.1. The van der Waals surface area contributed by atoms with Crippen molar-refractivity contribution in [2.75, 3.05) is 0 Å². The van der Waals surface area contributed by atoms with Gasteiger partial charge in [0.05, 0.1) is 5.52 Å². The van der Waals surface area contributed by atoms with Crippen molar-refractivity contribution in [3.05, 3.63) is 65.9 Å². The molecule has 0 atom stereocenters. The highest BCUT2D eigenvalue weighted by molar-refractivity contribution is 5.83. The number of benzene rings is 2. The fraction of sp³-hybridized carbons (Fsp3) is 0.0667. The van der Waals surface area contributed by atoms with Gasteiger partial charge >= 0.3 is 0 Å². The third-order valence-electron chi connectivity index (χ3n) is 3.04. The molecule has 2 aromatic carbocycles. The predicted octanol–water partition coefficient (Wildman–Crippen LogP) is 4.22. The van der Waals surface area contributed by atoms with Crippen molar-refractivity contribution < 1.29 is 8.78 Å². The van der Waals surface area contributed by atoms with E-state index in [2.05, 4.69) is 0 Å². The average molecular weight is 243 g/mol. The van der Waals surface area contributed by atoms with Gasteiger partial charge in [-0.1, -0.05) is 0 Å². The molecule has 0 aliphatic rings. The number of hydrogen-bond donors (Lipinski definition) is 0. The normalized spacial score (nSPS) is 11.1. The Kier molecular flexibility index (Phi) is 2.40. The Labute approximate surface area is 103 Å². The maximum absolute atomic E-state index is 13.3. The number of rotatable bonds is 1. The van der Waals surface area contributed by atoms with Gasteiger partial charge in [0.1, 0.15) is 11.6 Å². The Bertz CT molecular complexity index is 711. The van der Waals surface area contributed by atoms with Crippen molar-refractivity contribution in [1.29, 1.82) is 0 Å². The molecule has 0 saturated heterocycles. The van der Waals surface area contributed by atoms with E-state index >= 15 is 0 Å². The second kappa shape index (κ2) is 3.95. The molecule has 0 radical (unpaired) electrons. The standard InChI is InChI=1S/C15H11F2N/c1-10-8-11-2-3-13(17)9-15(11)18(10)14-6-4-12(16)5-7-14/h2-9H,1H3. The third-order valence-corrected chi connectivity index (χ3v) is 3.04. The van der Waals surface area contributed by atoms with Crippen LogP contribution in [0.1, 0.15) is 5.69 Å². The Morgan fingerprint density at radius 2 is 1.50 bits per heavy atom. The molecule has 18 heavy (non-hydrogen) atoms. The molecule has 3 heteroatoms. The molecule has 0 unspecified atom stereocenters. The van der Waals surface area contributed by atoms with Crippen molar-refractivity contribution >= 4 is 10.9 Å². The predicted molar refractivity (Wildman–Crippen MR) is 67.9 cm³/mol. The van der Waals surface area contributed by atoms with E-state index in [0.29, 0.717) is 0 Å². The molecule has 0 saturated carbocycles. The largest absolute Gasteiger partial charge is 0.314 e. The number of aryl methyl sites for hydroxylation is 1. The summed E-state index contributed by atoms with van der Waals surface area (Å²) in [7, 11) is 0. The molecule has 0 aliphatic carbocycles. The van der Waals surface area contributed by atoms with Gasteiger partial charge in [-0.05, 0) is 55.5 Å². The molecular formula is C15H11F2N. The summed E-state index contributed by atoms with van der Waals surface area (Å²) in [5.74, 6) is -0.553. The zero-order valence-electron chi connectivity index (χ0n) is 9.82. The van der Waals surface area contributed by atoms with Crippen molar-refractivity contribution in [3.63, 3.8) is 0 Å². The molecule has 1 nitrogen and oxygen atoms in total. The van der Waals surface area contributed by atoms with Crippen molar-refractivity contribution in [1.82, 2.24) is 4.57 Å². The number of hydrogen-bond acceptors (Lipinski definition) is 0. The summed E-state index contributed by atoms with van der Waals surface area (Å²) in [6.07, 6.45) is 0. The summed E-state index contributed by atoms with van der Waals surface area (Å²) >= 11 is 0. The van der Waals surface area contributed by atoms with Crippen LogP contribution in [-0.2, 0) is 0 Å². The first-order chi connectivity index (χ1) is 8.65. The van der Waals surface area contributed by atoms with Crippen LogP contribution >= 0.6 is 0 Å². The topological polar surface area (TPSA) is 4.93 Å². The minimum Gasteiger partial charge on any atom is -0.314 e. The zero-order chi connectivity index (χ0) is 12.7. The first kappa shape index (κ1) is 11.0. The molecule has 1 heterocycles. The maximum atomic E-state index is 13.3. The molecule has 0 amide bonds. The summed E-state index contributed by atoms with van der Waals surface area (Å²) in [5, 5.41) is 0.971. The summed E-state index contributed by atoms with van der Waals surface area (Å²) in [6.45, 7) is 1.95. The smallest absolute Gasteiger partial charge is 0.125 e. The van der Waals surface area contributed by atoms with Crippen LogP contribution in [0.2, 0.25) is 0 Å². The van der Waals surface area contributed by atoms with E-state index in [9.17, 15) is 8.78 Å². The van der Waals surface area contributed by atoms with Gasteiger partial charge in [-0.15, -0.1) is 0 Å². The van der Waals surface area contributed by atoms with Gasteiger partial charge in [0.15, 0.2) is 0 Å². The zero-order valence-corrected chi connectivity index (χ0v) is 9.82. The van der Waals surface area contributed by atoms with Crippen LogP contribution in [0, 0.1) is 18.6 Å². The van der Waals surface area contributed by atoms with Gasteiger partial charge in [0.2, 0.25) is 0 Å². The van der Waals surface area contributed by atoms with Crippen LogP contribution in [0.15, 0.2) is 48.5 Å². The van der Waals surface area contributed by atoms with E-state index in [1.165, 1.54) is 24.3 Å². The lowest BCUT2D eigenvalue weighted by molar-refractivity contribution is 0.626. The Hall–Kier alpha value is -2.16. The number of halogens is 2. The molecule has 0 bridgehead atoms. The SMILES string of the molecule is Cc1cc2ccc(F)cc2n1-c1ccc(F)cc1. The molecular weight excluding hydrogens is 232 g/mol. The first-order valence-corrected chi connectivity index (χ1v) is 5.69. The Morgan fingerprint density at radius 3 is 2.22 bits per heavy atom. The third kappa shape index (κ3) is 1.68. The Balaban J connectivity index is 2.30. The molecule has 90 valence electrons. The quantitative estimate of drug-likeness (QED) is 0.603. The summed E-state index contributed by atoms with van der Waals surface area (Å²) in [4.78, 5) is 0. The van der Waals surface area contributed by atoms with E-state index in [1.54, 1.807) is 18.2 Å². The molecule has 3 rings (SSSR count). The van der Waals surface area contributed by atoms with Crippen LogP contribution in [0.4, 0.5) is 8.78 Å². The minimum absolute atomic E-state index is 0.274. The number of fused-ring (bicyclic) bond motifs is 1. The lowest BCUT2D eigenvalue weighted by Crippen LogP contribution is -1.96. The molecule has 0 N–H and O–H groups in total. The average Bonchev–Trinajstić information content (AvgIpc) is 2.66. The van der Waals surface area contributed by atoms with E-state index in [0.717, 1.165) is 22.3 Å². The van der Waals surface area contributed by atoms with Crippen LogP contribution < -0.4 is 0 Å². The monoisotopic (exact) mass is 243 g/mol. The highest BCUT2D eigenvalue weighted by Crippen LogP contribution is 2.24. The van der Waals surface area contributed by atoms with Crippen molar-refractivity contribution in [2.45, 2.75) is 6.92 Å². The first-order valence-electron chi connectivity index (χ1n) is 5.69.